The molecule has 1 unspecified atom stereocenters. The van der Waals surface area contributed by atoms with Crippen molar-refractivity contribution in [1.82, 2.24) is 9.80 Å². The van der Waals surface area contributed by atoms with Gasteiger partial charge in [0, 0.05) is 19.6 Å². The van der Waals surface area contributed by atoms with Crippen LogP contribution in [0.25, 0.3) is 0 Å². The van der Waals surface area contributed by atoms with Crippen molar-refractivity contribution >= 4 is 6.03 Å². The number of rotatable bonds is 3. The van der Waals surface area contributed by atoms with E-state index < -0.39 is 47.4 Å². The van der Waals surface area contributed by atoms with E-state index in [1.54, 1.807) is 13.0 Å². The average Bonchev–Trinajstić information content (AvgIpc) is 2.76. The van der Waals surface area contributed by atoms with E-state index in [-0.39, 0.29) is 24.2 Å². The standard InChI is InChI=1S/C24H26F7N3O/c1-13-8-18(25)4-5-20(13)21-12-19(32)6-7-34(21)22(35)33(3)14(2)15-9-16(23(26,27)28)11-17(10-15)24(29,30)31/h4-5,8-11,14,19,21H,6-7,12,32H2,1-3H3/t14-,19?,21+/m0/s1. The van der Waals surface area contributed by atoms with E-state index in [0.717, 1.165) is 4.90 Å². The number of piperidine rings is 1. The number of benzene rings is 2. The Bertz CT molecular complexity index is 1050. The van der Waals surface area contributed by atoms with Gasteiger partial charge in [0.15, 0.2) is 0 Å². The summed E-state index contributed by atoms with van der Waals surface area (Å²) in [6, 6.07) is 3.01. The lowest BCUT2D eigenvalue weighted by molar-refractivity contribution is -0.143. The van der Waals surface area contributed by atoms with Gasteiger partial charge in [0.2, 0.25) is 0 Å². The zero-order chi connectivity index (χ0) is 26.3. The second-order valence-electron chi connectivity index (χ2n) is 8.90. The number of hydrogen-bond acceptors (Lipinski definition) is 2. The summed E-state index contributed by atoms with van der Waals surface area (Å²) in [6.45, 7) is 3.28. The van der Waals surface area contributed by atoms with Crippen molar-refractivity contribution in [3.05, 3.63) is 70.0 Å². The predicted octanol–water partition coefficient (Wildman–Crippen LogP) is 6.45. The van der Waals surface area contributed by atoms with Gasteiger partial charge in [-0.3, -0.25) is 0 Å². The van der Waals surface area contributed by atoms with E-state index in [9.17, 15) is 35.5 Å². The normalized spacial score (nSPS) is 20.0. The Hall–Kier alpha value is -2.82. The van der Waals surface area contributed by atoms with Gasteiger partial charge in [-0.1, -0.05) is 6.07 Å². The van der Waals surface area contributed by atoms with Gasteiger partial charge < -0.3 is 15.5 Å². The minimum Gasteiger partial charge on any atom is -0.328 e. The van der Waals surface area contributed by atoms with E-state index in [1.807, 2.05) is 0 Å². The Balaban J connectivity index is 1.95. The van der Waals surface area contributed by atoms with Crippen LogP contribution >= 0.6 is 0 Å². The zero-order valence-corrected chi connectivity index (χ0v) is 19.3. The third-order valence-electron chi connectivity index (χ3n) is 6.45. The lowest BCUT2D eigenvalue weighted by Gasteiger charge is -2.42. The topological polar surface area (TPSA) is 49.6 Å². The fourth-order valence-electron chi connectivity index (χ4n) is 4.34. The fraction of sp³-hybridized carbons (Fsp3) is 0.458. The molecule has 0 radical (unpaired) electrons. The first kappa shape index (κ1) is 26.8. The molecule has 1 aliphatic rings. The van der Waals surface area contributed by atoms with Crippen molar-refractivity contribution in [2.45, 2.75) is 57.2 Å². The smallest absolute Gasteiger partial charge is 0.328 e. The maximum Gasteiger partial charge on any atom is 0.416 e. The van der Waals surface area contributed by atoms with Crippen LogP contribution in [0.5, 0.6) is 0 Å². The molecular weight excluding hydrogens is 479 g/mol. The van der Waals surface area contributed by atoms with Crippen molar-refractivity contribution in [3.8, 4) is 0 Å². The molecule has 0 aliphatic carbocycles. The molecule has 1 heterocycles. The number of urea groups is 1. The van der Waals surface area contributed by atoms with Crippen molar-refractivity contribution in [3.63, 3.8) is 0 Å². The molecule has 0 bridgehead atoms. The Morgan fingerprint density at radius 2 is 1.63 bits per heavy atom. The van der Waals surface area contributed by atoms with E-state index in [1.165, 1.54) is 31.0 Å². The van der Waals surface area contributed by atoms with Crippen LogP contribution in [0.1, 0.15) is 59.7 Å². The van der Waals surface area contributed by atoms with Crippen LogP contribution in [0, 0.1) is 12.7 Å². The van der Waals surface area contributed by atoms with Crippen LogP contribution in [0.4, 0.5) is 35.5 Å². The van der Waals surface area contributed by atoms with Gasteiger partial charge in [-0.25, -0.2) is 9.18 Å². The van der Waals surface area contributed by atoms with Gasteiger partial charge in [-0.15, -0.1) is 0 Å². The van der Waals surface area contributed by atoms with Gasteiger partial charge in [-0.2, -0.15) is 26.3 Å². The highest BCUT2D eigenvalue weighted by atomic mass is 19.4. The predicted molar refractivity (Wildman–Crippen MR) is 116 cm³/mol. The summed E-state index contributed by atoms with van der Waals surface area (Å²) >= 11 is 0. The molecule has 2 N–H and O–H groups in total. The Morgan fingerprint density at radius 1 is 1.06 bits per heavy atom. The number of aryl methyl sites for hydroxylation is 1. The second-order valence-corrected chi connectivity index (χ2v) is 8.90. The lowest BCUT2D eigenvalue weighted by atomic mass is 9.90. The highest BCUT2D eigenvalue weighted by Gasteiger charge is 2.39. The molecule has 2 aromatic carbocycles. The third kappa shape index (κ3) is 5.88. The molecule has 1 aliphatic heterocycles. The molecule has 0 saturated carbocycles. The molecule has 0 spiro atoms. The van der Waals surface area contributed by atoms with Crippen LogP contribution < -0.4 is 5.73 Å². The summed E-state index contributed by atoms with van der Waals surface area (Å²) in [7, 11) is 1.32. The number of nitrogens with zero attached hydrogens (tertiary/aromatic N) is 2. The molecule has 11 heteroatoms. The first-order valence-corrected chi connectivity index (χ1v) is 10.9. The minimum atomic E-state index is -4.99. The molecule has 2 amide bonds. The number of halogens is 7. The monoisotopic (exact) mass is 505 g/mol. The molecule has 192 valence electrons. The van der Waals surface area contributed by atoms with Crippen LogP contribution in [0.3, 0.4) is 0 Å². The molecule has 0 aromatic heterocycles. The number of carbonyl (C=O) groups excluding carboxylic acids is 1. The van der Waals surface area contributed by atoms with Gasteiger partial charge in [0.1, 0.15) is 5.82 Å². The number of likely N-dealkylation sites (tertiary alicyclic amines) is 1. The lowest BCUT2D eigenvalue weighted by Crippen LogP contribution is -2.50. The van der Waals surface area contributed by atoms with Crippen molar-refractivity contribution < 1.29 is 35.5 Å². The second kappa shape index (κ2) is 9.67. The summed E-state index contributed by atoms with van der Waals surface area (Å²) in [5.74, 6) is -0.444. The third-order valence-corrected chi connectivity index (χ3v) is 6.45. The largest absolute Gasteiger partial charge is 0.416 e. The highest BCUT2D eigenvalue weighted by Crippen LogP contribution is 2.39. The average molecular weight is 505 g/mol. The van der Waals surface area contributed by atoms with Crippen LogP contribution in [-0.4, -0.2) is 35.5 Å². The zero-order valence-electron chi connectivity index (χ0n) is 19.3. The number of alkyl halides is 6. The Kier molecular flexibility index (Phi) is 7.40. The Labute approximate surface area is 198 Å². The van der Waals surface area contributed by atoms with Crippen LogP contribution in [0.15, 0.2) is 36.4 Å². The molecule has 3 atom stereocenters. The quantitative estimate of drug-likeness (QED) is 0.488. The molecule has 1 saturated heterocycles. The molecule has 1 fully saturated rings. The van der Waals surface area contributed by atoms with E-state index >= 15 is 0 Å². The highest BCUT2D eigenvalue weighted by molar-refractivity contribution is 5.75. The summed E-state index contributed by atoms with van der Waals surface area (Å²) in [4.78, 5) is 16.0. The summed E-state index contributed by atoms with van der Waals surface area (Å²) < 4.78 is 93.4. The van der Waals surface area contributed by atoms with Crippen LogP contribution in [-0.2, 0) is 12.4 Å². The van der Waals surface area contributed by atoms with Crippen molar-refractivity contribution in [2.24, 2.45) is 5.73 Å². The maximum atomic E-state index is 13.6. The van der Waals surface area contributed by atoms with Gasteiger partial charge in [0.05, 0.1) is 23.2 Å². The number of amides is 2. The maximum absolute atomic E-state index is 13.6. The first-order chi connectivity index (χ1) is 16.1. The van der Waals surface area contributed by atoms with Gasteiger partial charge in [-0.05, 0) is 73.7 Å². The van der Waals surface area contributed by atoms with Crippen LogP contribution in [0.2, 0.25) is 0 Å². The van der Waals surface area contributed by atoms with E-state index in [4.69, 9.17) is 5.73 Å². The molecule has 2 aromatic rings. The summed E-state index contributed by atoms with van der Waals surface area (Å²) in [6.07, 6.45) is -9.15. The number of nitrogens with two attached hydrogens (primary N) is 1. The van der Waals surface area contributed by atoms with E-state index in [2.05, 4.69) is 0 Å². The molecule has 35 heavy (non-hydrogen) atoms. The van der Waals surface area contributed by atoms with Gasteiger partial charge >= 0.3 is 18.4 Å². The first-order valence-electron chi connectivity index (χ1n) is 10.9. The Morgan fingerprint density at radius 3 is 2.14 bits per heavy atom. The minimum absolute atomic E-state index is 0.0530. The fourth-order valence-corrected chi connectivity index (χ4v) is 4.34. The van der Waals surface area contributed by atoms with Crippen molar-refractivity contribution in [1.29, 1.82) is 0 Å². The SMILES string of the molecule is Cc1cc(F)ccc1[C@H]1CC(N)CCN1C(=O)N(C)[C@@H](C)c1cc(C(F)(F)F)cc(C(F)(F)F)c1. The summed E-state index contributed by atoms with van der Waals surface area (Å²) in [5.41, 5.74) is 4.19. The van der Waals surface area contributed by atoms with Gasteiger partial charge in [0.25, 0.3) is 0 Å². The van der Waals surface area contributed by atoms with Crippen molar-refractivity contribution in [2.75, 3.05) is 13.6 Å². The van der Waals surface area contributed by atoms with E-state index in [0.29, 0.717) is 36.1 Å². The molecular formula is C24H26F7N3O. The number of carbonyl (C=O) groups is 1. The molecule has 3 rings (SSSR count). The molecule has 4 nitrogen and oxygen atoms in total. The number of hydrogen-bond donors (Lipinski definition) is 1. The summed E-state index contributed by atoms with van der Waals surface area (Å²) in [5, 5.41) is 0.